The molecule has 1 aromatic carbocycles. The van der Waals surface area contributed by atoms with Gasteiger partial charge in [0.25, 0.3) is 0 Å². The Labute approximate surface area is 260 Å². The molecule has 4 aromatic rings. The van der Waals surface area contributed by atoms with Crippen molar-refractivity contribution >= 4 is 48.7 Å². The van der Waals surface area contributed by atoms with Crippen molar-refractivity contribution < 1.29 is 32.3 Å². The smallest absolute Gasteiger partial charge is 0.304 e. The highest BCUT2D eigenvalue weighted by Gasteiger charge is 2.30. The van der Waals surface area contributed by atoms with Gasteiger partial charge in [-0.05, 0) is 56.0 Å². The average Bonchev–Trinajstić information content (AvgIpc) is 3.73. The maximum Gasteiger partial charge on any atom is 0.304 e. The molecule has 11 nitrogen and oxygen atoms in total. The fourth-order valence-corrected chi connectivity index (χ4v) is 7.94. The van der Waals surface area contributed by atoms with Gasteiger partial charge in [0.1, 0.15) is 21.9 Å². The van der Waals surface area contributed by atoms with Crippen molar-refractivity contribution in [2.24, 2.45) is 5.92 Å². The monoisotopic (exact) mass is 640 g/mol. The minimum absolute atomic E-state index is 0.0177. The number of benzene rings is 1. The van der Waals surface area contributed by atoms with Crippen LogP contribution in [0.3, 0.4) is 0 Å². The van der Waals surface area contributed by atoms with Crippen molar-refractivity contribution in [1.82, 2.24) is 14.3 Å². The normalized spacial score (nSPS) is 14.7. The molecule has 1 aliphatic rings. The van der Waals surface area contributed by atoms with Crippen molar-refractivity contribution in [3.63, 3.8) is 0 Å². The number of fused-ring (bicyclic) bond motifs is 1. The molecule has 1 atom stereocenters. The number of aryl methyl sites for hydroxylation is 2. The lowest BCUT2D eigenvalue weighted by Gasteiger charge is -2.23. The van der Waals surface area contributed by atoms with Crippen LogP contribution in [0, 0.1) is 19.8 Å². The molecule has 0 radical (unpaired) electrons. The lowest BCUT2D eigenvalue weighted by Crippen LogP contribution is -2.33. The Morgan fingerprint density at radius 2 is 1.86 bits per heavy atom. The molecule has 1 amide bonds. The van der Waals surface area contributed by atoms with Gasteiger partial charge in [-0.1, -0.05) is 49.2 Å². The average molecular weight is 641 g/mol. The maximum atomic E-state index is 13.7. The van der Waals surface area contributed by atoms with Gasteiger partial charge in [-0.2, -0.15) is 4.31 Å². The van der Waals surface area contributed by atoms with Crippen molar-refractivity contribution in [2.45, 2.75) is 69.7 Å². The van der Waals surface area contributed by atoms with Crippen LogP contribution in [0.25, 0.3) is 10.3 Å². The number of sulfonamides is 1. The van der Waals surface area contributed by atoms with Crippen LogP contribution >= 0.6 is 11.3 Å². The van der Waals surface area contributed by atoms with E-state index in [1.165, 1.54) is 30.6 Å². The van der Waals surface area contributed by atoms with Crippen LogP contribution in [0.2, 0.25) is 0 Å². The van der Waals surface area contributed by atoms with Crippen LogP contribution in [0.5, 0.6) is 5.88 Å². The van der Waals surface area contributed by atoms with Crippen molar-refractivity contribution in [3.05, 3.63) is 65.1 Å². The van der Waals surface area contributed by atoms with Gasteiger partial charge in [0.15, 0.2) is 5.13 Å². The molecular formula is C31H36N4O7S2. The van der Waals surface area contributed by atoms with Crippen LogP contribution in [0.4, 0.5) is 5.13 Å². The third kappa shape index (κ3) is 7.28. The Morgan fingerprint density at radius 3 is 2.50 bits per heavy atom. The van der Waals surface area contributed by atoms with E-state index in [0.29, 0.717) is 56.3 Å². The number of aromatic nitrogens is 2. The summed E-state index contributed by atoms with van der Waals surface area (Å²) >= 11 is 1.26. The number of hydrogen-bond donors (Lipinski definition) is 2. The Hall–Kier alpha value is -3.81. The molecule has 5 rings (SSSR count). The molecule has 3 heterocycles. The van der Waals surface area contributed by atoms with Crippen molar-refractivity contribution in [1.29, 1.82) is 0 Å². The largest absolute Gasteiger partial charge is 0.481 e. The molecule has 13 heteroatoms. The van der Waals surface area contributed by atoms with Crippen LogP contribution in [-0.4, -0.2) is 53.3 Å². The molecule has 0 aliphatic heterocycles. The summed E-state index contributed by atoms with van der Waals surface area (Å²) in [5.74, 6) is 0.261. The number of nitrogens with zero attached hydrogens (tertiary/aromatic N) is 3. The number of nitrogens with one attached hydrogen (secondary N) is 1. The minimum Gasteiger partial charge on any atom is -0.481 e. The first-order chi connectivity index (χ1) is 21.0. The first-order valence-corrected chi connectivity index (χ1v) is 16.8. The zero-order chi connectivity index (χ0) is 31.4. The van der Waals surface area contributed by atoms with Crippen LogP contribution in [-0.2, 0) is 26.2 Å². The molecule has 1 aliphatic carbocycles. The number of carbonyl (C=O) groups is 2. The third-order valence-corrected chi connectivity index (χ3v) is 10.8. The highest BCUT2D eigenvalue weighted by atomic mass is 32.2. The molecule has 234 valence electrons. The zero-order valence-electron chi connectivity index (χ0n) is 24.9. The van der Waals surface area contributed by atoms with Gasteiger partial charge in [-0.15, -0.1) is 0 Å². The van der Waals surface area contributed by atoms with E-state index < -0.39 is 21.9 Å². The number of carboxylic acids is 1. The number of carboxylic acid groups (broad SMARTS) is 1. The standard InChI is InChI=1S/C31H36N4O7S2/c1-19-16-23(20(2)42-19)18-35(15-14-28(36)37)44(39,40)24-10-8-22(9-11-24)25(17-21-6-4-5-7-21)29(38)34-31-32-26-12-13-27(41-3)33-30(26)43-31/h8-13,16,21,25H,4-7,14-15,17-18H2,1-3H3,(H,36,37)(H,32,34,38)/t25-/m1/s1. The number of amides is 1. The quantitative estimate of drug-likeness (QED) is 0.183. The fourth-order valence-electron chi connectivity index (χ4n) is 5.69. The number of rotatable bonds is 13. The van der Waals surface area contributed by atoms with Gasteiger partial charge < -0.3 is 19.6 Å². The van der Waals surface area contributed by atoms with Gasteiger partial charge in [0, 0.05) is 24.7 Å². The molecule has 0 saturated heterocycles. The van der Waals surface area contributed by atoms with E-state index in [0.717, 1.165) is 30.0 Å². The number of pyridine rings is 1. The molecule has 1 fully saturated rings. The van der Waals surface area contributed by atoms with Gasteiger partial charge in [-0.25, -0.2) is 18.4 Å². The topological polar surface area (TPSA) is 152 Å². The summed E-state index contributed by atoms with van der Waals surface area (Å²) in [5.41, 5.74) is 2.03. The SMILES string of the molecule is COc1ccc2nc(NC(=O)[C@H](CC3CCCC3)c3ccc(S(=O)(=O)N(CCC(=O)O)Cc4cc(C)oc4C)cc3)sc2n1. The van der Waals surface area contributed by atoms with Gasteiger partial charge in [0.05, 0.1) is 24.3 Å². The number of aliphatic carboxylic acids is 1. The first kappa shape index (κ1) is 31.6. The van der Waals surface area contributed by atoms with Gasteiger partial charge >= 0.3 is 5.97 Å². The lowest BCUT2D eigenvalue weighted by molar-refractivity contribution is -0.137. The predicted octanol–water partition coefficient (Wildman–Crippen LogP) is 5.88. The van der Waals surface area contributed by atoms with Crippen LogP contribution in [0.1, 0.15) is 67.1 Å². The lowest BCUT2D eigenvalue weighted by atomic mass is 9.87. The third-order valence-electron chi connectivity index (χ3n) is 8.02. The molecule has 3 aromatic heterocycles. The van der Waals surface area contributed by atoms with Crippen molar-refractivity contribution in [3.8, 4) is 5.88 Å². The molecule has 0 bridgehead atoms. The molecule has 2 N–H and O–H groups in total. The number of furan rings is 1. The molecular weight excluding hydrogens is 604 g/mol. The van der Waals surface area contributed by atoms with Crippen LogP contribution < -0.4 is 10.1 Å². The highest BCUT2D eigenvalue weighted by Crippen LogP contribution is 2.36. The Balaban J connectivity index is 1.39. The van der Waals surface area contributed by atoms with E-state index in [1.54, 1.807) is 44.2 Å². The number of ether oxygens (including phenoxy) is 1. The Kier molecular flexibility index (Phi) is 9.66. The number of anilines is 1. The fraction of sp³-hybridized carbons (Fsp3) is 0.419. The number of carbonyl (C=O) groups excluding carboxylic acids is 1. The highest BCUT2D eigenvalue weighted by molar-refractivity contribution is 7.89. The summed E-state index contributed by atoms with van der Waals surface area (Å²) in [6.07, 6.45) is 4.65. The van der Waals surface area contributed by atoms with E-state index in [-0.39, 0.29) is 30.3 Å². The second kappa shape index (κ2) is 13.4. The number of thiazole rings is 1. The minimum atomic E-state index is -4.05. The summed E-state index contributed by atoms with van der Waals surface area (Å²) in [4.78, 5) is 34.6. The number of methoxy groups -OCH3 is 1. The summed E-state index contributed by atoms with van der Waals surface area (Å²) < 4.78 is 39.4. The van der Waals surface area contributed by atoms with E-state index in [9.17, 15) is 23.1 Å². The van der Waals surface area contributed by atoms with E-state index >= 15 is 0 Å². The summed E-state index contributed by atoms with van der Waals surface area (Å²) in [7, 11) is -2.52. The first-order valence-electron chi connectivity index (χ1n) is 14.5. The van der Waals surface area contributed by atoms with Crippen molar-refractivity contribution in [2.75, 3.05) is 19.0 Å². The second-order valence-electron chi connectivity index (χ2n) is 11.1. The van der Waals surface area contributed by atoms with Gasteiger partial charge in [0.2, 0.25) is 21.8 Å². The Bertz CT molecular complexity index is 1740. The summed E-state index contributed by atoms with van der Waals surface area (Å²) in [6.45, 7) is 3.31. The van der Waals surface area contributed by atoms with Gasteiger partial charge in [-0.3, -0.25) is 9.59 Å². The van der Waals surface area contributed by atoms with E-state index in [4.69, 9.17) is 9.15 Å². The second-order valence-corrected chi connectivity index (χ2v) is 14.0. The van der Waals surface area contributed by atoms with Crippen LogP contribution in [0.15, 0.2) is 51.8 Å². The molecule has 0 spiro atoms. The molecule has 0 unspecified atom stereocenters. The van der Waals surface area contributed by atoms with E-state index in [1.807, 2.05) is 0 Å². The summed E-state index contributed by atoms with van der Waals surface area (Å²) in [5, 5.41) is 12.7. The zero-order valence-corrected chi connectivity index (χ0v) is 26.5. The van der Waals surface area contributed by atoms with E-state index in [2.05, 4.69) is 15.3 Å². The Morgan fingerprint density at radius 1 is 1.14 bits per heavy atom. The predicted molar refractivity (Wildman–Crippen MR) is 166 cm³/mol. The molecule has 1 saturated carbocycles. The molecule has 44 heavy (non-hydrogen) atoms. The summed E-state index contributed by atoms with van der Waals surface area (Å²) in [6, 6.07) is 11.6. The maximum absolute atomic E-state index is 13.7. The number of hydrogen-bond acceptors (Lipinski definition) is 9.